The summed E-state index contributed by atoms with van der Waals surface area (Å²) in [6, 6.07) is 0. The largest absolute Gasteiger partial charge is 0.463 e. The number of carbonyl (C=O) groups is 8. The van der Waals surface area contributed by atoms with Crippen molar-refractivity contribution in [2.45, 2.75) is 122 Å². The molecule has 10 atom stereocenters. The molecule has 0 radical (unpaired) electrons. The molecule has 276 valence electrons. The molecule has 2 saturated heterocycles. The van der Waals surface area contributed by atoms with Gasteiger partial charge in [0.15, 0.2) is 48.8 Å². The van der Waals surface area contributed by atoms with Crippen LogP contribution in [-0.2, 0) is 85.7 Å². The Balaban J connectivity index is 2.86. The van der Waals surface area contributed by atoms with Crippen molar-refractivity contribution in [1.82, 2.24) is 0 Å². The summed E-state index contributed by atoms with van der Waals surface area (Å²) in [7, 11) is 0. The fourth-order valence-electron chi connectivity index (χ4n) is 5.24. The molecule has 0 saturated carbocycles. The first kappa shape index (κ1) is 40.7. The number of carbonyl (C=O) groups excluding carboxylic acids is 8. The van der Waals surface area contributed by atoms with E-state index >= 15 is 8.78 Å². The summed E-state index contributed by atoms with van der Waals surface area (Å²) in [5, 5.41) is 0. The molecule has 0 N–H and O–H groups in total. The monoisotopic (exact) mass is 712 g/mol. The number of rotatable bonds is 12. The normalized spacial score (nSPS) is 29.7. The molecule has 20 heteroatoms. The van der Waals surface area contributed by atoms with Crippen molar-refractivity contribution < 1.29 is 94.5 Å². The standard InChI is InChI=1S/C29H38F2O18/c1-11(32)40-9-19-21(42-13(3)34)23(44-15(5)36)25(46-17(7)38)27(48-19)29(30,31)28-26(47-18(8)39)24(45-16(6)37)22(43-14(4)35)20(49-28)10-41-12(2)33/h19-28H,9-10H2,1-8H3/t19-,20-,21-,22-,23+,24+,25+,26+,27?,28?/m1/s1. The maximum Gasteiger partial charge on any atom is 0.306 e. The van der Waals surface area contributed by atoms with Gasteiger partial charge in [0.2, 0.25) is 0 Å². The number of esters is 8. The molecule has 2 aliphatic heterocycles. The fourth-order valence-corrected chi connectivity index (χ4v) is 5.24. The maximum absolute atomic E-state index is 17.2. The van der Waals surface area contributed by atoms with Crippen molar-refractivity contribution in [3.63, 3.8) is 0 Å². The third-order valence-corrected chi connectivity index (χ3v) is 6.74. The summed E-state index contributed by atoms with van der Waals surface area (Å²) in [6.45, 7) is 5.46. The smallest absolute Gasteiger partial charge is 0.306 e. The van der Waals surface area contributed by atoms with Crippen molar-refractivity contribution in [1.29, 1.82) is 0 Å². The van der Waals surface area contributed by atoms with Crippen LogP contribution in [0.25, 0.3) is 0 Å². The molecule has 2 fully saturated rings. The number of hydrogen-bond donors (Lipinski definition) is 0. The van der Waals surface area contributed by atoms with E-state index in [-0.39, 0.29) is 0 Å². The van der Waals surface area contributed by atoms with Crippen LogP contribution in [0.3, 0.4) is 0 Å². The van der Waals surface area contributed by atoms with Gasteiger partial charge in [-0.25, -0.2) is 8.78 Å². The summed E-state index contributed by atoms with van der Waals surface area (Å²) in [5.74, 6) is -13.1. The van der Waals surface area contributed by atoms with Crippen molar-refractivity contribution in [2.24, 2.45) is 0 Å². The van der Waals surface area contributed by atoms with Gasteiger partial charge >= 0.3 is 53.7 Å². The minimum Gasteiger partial charge on any atom is -0.463 e. The zero-order chi connectivity index (χ0) is 37.4. The first-order valence-corrected chi connectivity index (χ1v) is 14.6. The summed E-state index contributed by atoms with van der Waals surface area (Å²) in [4.78, 5) is 96.3. The summed E-state index contributed by atoms with van der Waals surface area (Å²) < 4.78 is 86.6. The van der Waals surface area contributed by atoms with Crippen molar-refractivity contribution in [3.8, 4) is 0 Å². The van der Waals surface area contributed by atoms with Gasteiger partial charge in [-0.1, -0.05) is 0 Å². The van der Waals surface area contributed by atoms with E-state index in [2.05, 4.69) is 0 Å². The molecule has 2 heterocycles. The average Bonchev–Trinajstić information content (AvgIpc) is 2.93. The highest BCUT2D eigenvalue weighted by molar-refractivity contribution is 5.70. The summed E-state index contributed by atoms with van der Waals surface area (Å²) >= 11 is 0. The van der Waals surface area contributed by atoms with Crippen LogP contribution in [-0.4, -0.2) is 128 Å². The van der Waals surface area contributed by atoms with Gasteiger partial charge in [-0.15, -0.1) is 0 Å². The minimum atomic E-state index is -4.57. The van der Waals surface area contributed by atoms with Crippen molar-refractivity contribution in [2.75, 3.05) is 13.2 Å². The first-order chi connectivity index (χ1) is 22.6. The van der Waals surface area contributed by atoms with Gasteiger partial charge in [-0.3, -0.25) is 38.4 Å². The lowest BCUT2D eigenvalue weighted by atomic mass is 9.84. The second kappa shape index (κ2) is 17.3. The predicted octanol–water partition coefficient (Wildman–Crippen LogP) is -0.127. The van der Waals surface area contributed by atoms with Gasteiger partial charge in [0.05, 0.1) is 0 Å². The second-order valence-electron chi connectivity index (χ2n) is 10.9. The van der Waals surface area contributed by atoms with Crippen LogP contribution in [0.1, 0.15) is 55.4 Å². The molecule has 0 spiro atoms. The third kappa shape index (κ3) is 11.3. The average molecular weight is 713 g/mol. The van der Waals surface area contributed by atoms with E-state index in [0.29, 0.717) is 0 Å². The fraction of sp³-hybridized carbons (Fsp3) is 0.724. The Morgan fingerprint density at radius 3 is 0.918 bits per heavy atom. The Morgan fingerprint density at radius 1 is 0.429 bits per heavy atom. The molecule has 2 aliphatic rings. The van der Waals surface area contributed by atoms with Crippen LogP contribution in [0.4, 0.5) is 8.78 Å². The molecule has 18 nitrogen and oxygen atoms in total. The van der Waals surface area contributed by atoms with Crippen LogP contribution in [0.15, 0.2) is 0 Å². The lowest BCUT2D eigenvalue weighted by molar-refractivity contribution is -0.339. The van der Waals surface area contributed by atoms with Crippen LogP contribution in [0, 0.1) is 0 Å². The summed E-state index contributed by atoms with van der Waals surface area (Å²) in [6.07, 6.45) is -21.4. The van der Waals surface area contributed by atoms with Crippen LogP contribution < -0.4 is 0 Å². The molecule has 0 bridgehead atoms. The molecular formula is C29H38F2O18. The Hall–Kier alpha value is -4.46. The maximum atomic E-state index is 17.2. The highest BCUT2D eigenvalue weighted by atomic mass is 19.3. The Bertz CT molecular complexity index is 1190. The molecule has 49 heavy (non-hydrogen) atoms. The van der Waals surface area contributed by atoms with Gasteiger partial charge in [0, 0.05) is 55.4 Å². The Morgan fingerprint density at radius 2 is 0.673 bits per heavy atom. The Kier molecular flexibility index (Phi) is 14.4. The van der Waals surface area contributed by atoms with Crippen molar-refractivity contribution >= 4 is 47.8 Å². The first-order valence-electron chi connectivity index (χ1n) is 14.6. The molecule has 0 amide bonds. The van der Waals surface area contributed by atoms with E-state index in [4.69, 9.17) is 47.4 Å². The number of ether oxygens (including phenoxy) is 10. The highest BCUT2D eigenvalue weighted by Gasteiger charge is 2.68. The van der Waals surface area contributed by atoms with E-state index in [1.165, 1.54) is 0 Å². The topological polar surface area (TPSA) is 229 Å². The molecule has 0 aromatic heterocycles. The van der Waals surface area contributed by atoms with Gasteiger partial charge in [0.1, 0.15) is 25.4 Å². The zero-order valence-corrected chi connectivity index (χ0v) is 27.8. The van der Waals surface area contributed by atoms with Crippen LogP contribution in [0.2, 0.25) is 0 Å². The number of halogens is 2. The van der Waals surface area contributed by atoms with E-state index in [9.17, 15) is 38.4 Å². The van der Waals surface area contributed by atoms with Crippen molar-refractivity contribution in [3.05, 3.63) is 0 Å². The third-order valence-electron chi connectivity index (χ3n) is 6.74. The molecule has 0 aromatic rings. The van der Waals surface area contributed by atoms with Gasteiger partial charge in [-0.05, 0) is 0 Å². The molecule has 2 rings (SSSR count). The molecular weight excluding hydrogens is 674 g/mol. The minimum absolute atomic E-state index is 0.820. The zero-order valence-electron chi connectivity index (χ0n) is 27.8. The van der Waals surface area contributed by atoms with Crippen LogP contribution >= 0.6 is 0 Å². The molecule has 0 aliphatic carbocycles. The number of alkyl halides is 2. The molecule has 0 aromatic carbocycles. The van der Waals surface area contributed by atoms with E-state index < -0.39 is 128 Å². The number of hydrogen-bond acceptors (Lipinski definition) is 18. The van der Waals surface area contributed by atoms with Crippen LogP contribution in [0.5, 0.6) is 0 Å². The predicted molar refractivity (Wildman–Crippen MR) is 149 cm³/mol. The molecule has 2 unspecified atom stereocenters. The van der Waals surface area contributed by atoms with E-state index in [1.54, 1.807) is 0 Å². The van der Waals surface area contributed by atoms with Gasteiger partial charge in [0.25, 0.3) is 0 Å². The lowest BCUT2D eigenvalue weighted by Crippen LogP contribution is -2.72. The quantitative estimate of drug-likeness (QED) is 0.190. The lowest BCUT2D eigenvalue weighted by Gasteiger charge is -2.51. The highest BCUT2D eigenvalue weighted by Crippen LogP contribution is 2.44. The van der Waals surface area contributed by atoms with E-state index in [0.717, 1.165) is 55.4 Å². The van der Waals surface area contributed by atoms with Gasteiger partial charge in [-0.2, -0.15) is 0 Å². The van der Waals surface area contributed by atoms with E-state index in [1.807, 2.05) is 0 Å². The summed E-state index contributed by atoms with van der Waals surface area (Å²) in [5.41, 5.74) is 0. The van der Waals surface area contributed by atoms with Gasteiger partial charge < -0.3 is 47.4 Å². The Labute approximate surface area is 278 Å². The SMILES string of the molecule is CC(=O)OC[C@H]1OC(C(F)(F)C2O[C@H](COC(C)=O)[C@@H](OC(C)=O)[C@H](OC(C)=O)[C@@H]2OC(C)=O)[C@@H](OC(C)=O)[C@@H](OC(C)=O)[C@@H]1OC(C)=O. The second-order valence-corrected chi connectivity index (χ2v) is 10.9.